The lowest BCUT2D eigenvalue weighted by atomic mass is 10.0. The molecule has 1 fully saturated rings. The number of Topliss-reactive ketones (excluding diaryl/α,β-unsaturated/α-hetero) is 1. The largest absolute Gasteiger partial charge is 0.489 e. The number of pyridine rings is 2. The second-order valence-electron chi connectivity index (χ2n) is 8.88. The number of ether oxygens (including phenoxy) is 3. The maximum atomic E-state index is 12.7. The summed E-state index contributed by atoms with van der Waals surface area (Å²) in [5.41, 5.74) is 2.89. The maximum Gasteiger partial charge on any atom is 0.225 e. The summed E-state index contributed by atoms with van der Waals surface area (Å²) >= 11 is 0. The number of nitrogens with zero attached hydrogens (tertiary/aromatic N) is 2. The average Bonchev–Trinajstić information content (AvgIpc) is 3.35. The monoisotopic (exact) mass is 457 g/mol. The van der Waals surface area contributed by atoms with Gasteiger partial charge in [0.05, 0.1) is 7.11 Å². The zero-order valence-electron chi connectivity index (χ0n) is 18.6. The van der Waals surface area contributed by atoms with Crippen molar-refractivity contribution >= 4 is 17.5 Å². The smallest absolute Gasteiger partial charge is 0.225 e. The molecule has 6 rings (SSSR count). The number of ketones is 1. The van der Waals surface area contributed by atoms with E-state index >= 15 is 0 Å². The van der Waals surface area contributed by atoms with Crippen LogP contribution in [0.3, 0.4) is 0 Å². The van der Waals surface area contributed by atoms with Gasteiger partial charge >= 0.3 is 0 Å². The van der Waals surface area contributed by atoms with E-state index in [0.717, 1.165) is 22.4 Å². The molecule has 8 nitrogen and oxygen atoms in total. The van der Waals surface area contributed by atoms with Crippen molar-refractivity contribution in [2.75, 3.05) is 12.4 Å². The number of benzene rings is 1. The highest BCUT2D eigenvalue weighted by atomic mass is 16.5. The zero-order chi connectivity index (χ0) is 23.2. The highest BCUT2D eigenvalue weighted by Crippen LogP contribution is 2.60. The quantitative estimate of drug-likeness (QED) is 0.575. The van der Waals surface area contributed by atoms with Crippen LogP contribution in [0.5, 0.6) is 23.1 Å². The molecule has 1 aliphatic carbocycles. The molecule has 0 radical (unpaired) electrons. The molecule has 1 N–H and O–H groups in total. The highest BCUT2D eigenvalue weighted by Gasteiger charge is 2.59. The molecule has 172 valence electrons. The molecule has 1 saturated carbocycles. The molecule has 4 heterocycles. The zero-order valence-corrected chi connectivity index (χ0v) is 18.6. The molecule has 3 aliphatic rings. The van der Waals surface area contributed by atoms with Crippen LogP contribution in [0.1, 0.15) is 35.4 Å². The van der Waals surface area contributed by atoms with Crippen LogP contribution in [0.2, 0.25) is 0 Å². The Balaban J connectivity index is 1.14. The van der Waals surface area contributed by atoms with Crippen molar-refractivity contribution in [3.05, 3.63) is 65.5 Å². The van der Waals surface area contributed by atoms with Gasteiger partial charge in [0.2, 0.25) is 11.8 Å². The van der Waals surface area contributed by atoms with E-state index in [9.17, 15) is 9.59 Å². The normalized spacial score (nSPS) is 21.4. The Bertz CT molecular complexity index is 1310. The number of rotatable bonds is 7. The van der Waals surface area contributed by atoms with Gasteiger partial charge in [-0.3, -0.25) is 9.59 Å². The molecule has 2 aromatic heterocycles. The molecule has 1 amide bonds. The highest BCUT2D eigenvalue weighted by molar-refractivity contribution is 5.93. The third-order valence-corrected chi connectivity index (χ3v) is 6.67. The van der Waals surface area contributed by atoms with Gasteiger partial charge in [-0.1, -0.05) is 0 Å². The molecule has 0 saturated heterocycles. The lowest BCUT2D eigenvalue weighted by Crippen LogP contribution is -2.20. The predicted molar refractivity (Wildman–Crippen MR) is 122 cm³/mol. The minimum absolute atomic E-state index is 0.0322. The number of nitrogens with one attached hydrogen (secondary N) is 1. The van der Waals surface area contributed by atoms with Gasteiger partial charge in [0.15, 0.2) is 0 Å². The number of carbonyl (C=O) groups is 2. The van der Waals surface area contributed by atoms with E-state index in [0.29, 0.717) is 48.9 Å². The summed E-state index contributed by atoms with van der Waals surface area (Å²) in [5, 5.41) is 2.80. The van der Waals surface area contributed by atoms with Crippen molar-refractivity contribution < 1.29 is 23.8 Å². The number of aromatic nitrogens is 2. The lowest BCUT2D eigenvalue weighted by molar-refractivity contribution is -0.119. The molecular weight excluding hydrogens is 434 g/mol. The molecule has 3 atom stereocenters. The van der Waals surface area contributed by atoms with Gasteiger partial charge < -0.3 is 19.5 Å². The standard InChI is InChI=1S/C26H23N3O5/c1-32-23-11-14(6-8-27-23)10-15(30)12-19-24-18-13-16(2-4-20(18)34-25(19)24)33-21-7-9-28-26-17(21)3-5-22(31)29-26/h2,4,6-9,11,13,19,24-25H,3,5,10,12H2,1H3,(H,28,29,31)/t19-,24-,25+/m0/s1. The first kappa shape index (κ1) is 20.7. The van der Waals surface area contributed by atoms with Crippen LogP contribution in [-0.4, -0.2) is 34.9 Å². The van der Waals surface area contributed by atoms with Crippen LogP contribution < -0.4 is 19.5 Å². The first-order chi connectivity index (χ1) is 16.6. The predicted octanol–water partition coefficient (Wildman–Crippen LogP) is 3.84. The Hall–Kier alpha value is -3.94. The Labute approximate surface area is 196 Å². The fraction of sp³-hybridized carbons (Fsp3) is 0.308. The minimum Gasteiger partial charge on any atom is -0.489 e. The van der Waals surface area contributed by atoms with Crippen LogP contribution in [0, 0.1) is 5.92 Å². The summed E-state index contributed by atoms with van der Waals surface area (Å²) in [5.74, 6) is 3.86. The van der Waals surface area contributed by atoms with E-state index in [1.165, 1.54) is 0 Å². The molecule has 0 bridgehead atoms. The van der Waals surface area contributed by atoms with Crippen LogP contribution in [0.25, 0.3) is 0 Å². The third kappa shape index (κ3) is 3.75. The summed E-state index contributed by atoms with van der Waals surface area (Å²) in [4.78, 5) is 32.7. The van der Waals surface area contributed by atoms with Crippen LogP contribution in [0.15, 0.2) is 48.8 Å². The maximum absolute atomic E-state index is 12.7. The Kier molecular flexibility index (Phi) is 4.94. The van der Waals surface area contributed by atoms with E-state index in [2.05, 4.69) is 15.3 Å². The Morgan fingerprint density at radius 1 is 1.15 bits per heavy atom. The number of carbonyl (C=O) groups excluding carboxylic acids is 2. The van der Waals surface area contributed by atoms with Crippen molar-refractivity contribution in [2.24, 2.45) is 5.92 Å². The summed E-state index contributed by atoms with van der Waals surface area (Å²) in [7, 11) is 1.56. The average molecular weight is 457 g/mol. The molecule has 1 aromatic carbocycles. The minimum atomic E-state index is -0.0322. The second-order valence-corrected chi connectivity index (χ2v) is 8.88. The van der Waals surface area contributed by atoms with E-state index in [4.69, 9.17) is 14.2 Å². The van der Waals surface area contributed by atoms with Gasteiger partial charge in [-0.05, 0) is 42.3 Å². The van der Waals surface area contributed by atoms with Crippen molar-refractivity contribution in [1.82, 2.24) is 9.97 Å². The van der Waals surface area contributed by atoms with Gasteiger partial charge in [0.25, 0.3) is 0 Å². The van der Waals surface area contributed by atoms with Gasteiger partial charge in [-0.25, -0.2) is 9.97 Å². The lowest BCUT2D eigenvalue weighted by Gasteiger charge is -2.19. The molecule has 3 aromatic rings. The van der Waals surface area contributed by atoms with Crippen LogP contribution in [-0.2, 0) is 22.4 Å². The summed E-state index contributed by atoms with van der Waals surface area (Å²) in [6.07, 6.45) is 5.17. The number of hydrogen-bond acceptors (Lipinski definition) is 7. The third-order valence-electron chi connectivity index (χ3n) is 6.67. The fourth-order valence-electron chi connectivity index (χ4n) is 4.97. The number of methoxy groups -OCH3 is 1. The van der Waals surface area contributed by atoms with Crippen molar-refractivity contribution in [1.29, 1.82) is 0 Å². The molecule has 0 unspecified atom stereocenters. The molecule has 0 spiro atoms. The number of fused-ring (bicyclic) bond motifs is 4. The Morgan fingerprint density at radius 2 is 2.03 bits per heavy atom. The molecule has 8 heteroatoms. The summed E-state index contributed by atoms with van der Waals surface area (Å²) in [6, 6.07) is 11.3. The van der Waals surface area contributed by atoms with E-state index < -0.39 is 0 Å². The van der Waals surface area contributed by atoms with Crippen LogP contribution >= 0.6 is 0 Å². The number of amides is 1. The van der Waals surface area contributed by atoms with E-state index in [1.807, 2.05) is 30.3 Å². The fourth-order valence-corrected chi connectivity index (χ4v) is 4.97. The topological polar surface area (TPSA) is 99.6 Å². The van der Waals surface area contributed by atoms with E-state index in [1.54, 1.807) is 25.6 Å². The van der Waals surface area contributed by atoms with Crippen molar-refractivity contribution in [3.63, 3.8) is 0 Å². The molecule has 2 aliphatic heterocycles. The first-order valence-corrected chi connectivity index (χ1v) is 11.4. The van der Waals surface area contributed by atoms with Crippen LogP contribution in [0.4, 0.5) is 5.82 Å². The second kappa shape index (κ2) is 8.13. The van der Waals surface area contributed by atoms with Gasteiger partial charge in [-0.15, -0.1) is 0 Å². The van der Waals surface area contributed by atoms with Gasteiger partial charge in [0, 0.05) is 60.7 Å². The van der Waals surface area contributed by atoms with Crippen molar-refractivity contribution in [2.45, 2.75) is 37.7 Å². The van der Waals surface area contributed by atoms with E-state index in [-0.39, 0.29) is 29.6 Å². The number of hydrogen-bond donors (Lipinski definition) is 1. The van der Waals surface area contributed by atoms with Gasteiger partial charge in [0.1, 0.15) is 35.0 Å². The van der Waals surface area contributed by atoms with Crippen molar-refractivity contribution in [3.8, 4) is 23.1 Å². The summed E-state index contributed by atoms with van der Waals surface area (Å²) < 4.78 is 17.4. The Morgan fingerprint density at radius 3 is 2.91 bits per heavy atom. The molecule has 34 heavy (non-hydrogen) atoms. The summed E-state index contributed by atoms with van der Waals surface area (Å²) in [6.45, 7) is 0. The van der Waals surface area contributed by atoms with Gasteiger partial charge in [-0.2, -0.15) is 0 Å². The number of anilines is 1. The first-order valence-electron chi connectivity index (χ1n) is 11.4. The molecular formula is C26H23N3O5. The SMILES string of the molecule is COc1cc(CC(=O)C[C@@H]2[C@H]3Oc4ccc(Oc5ccnc6c5CCC(=O)N6)cc4[C@@H]23)ccn1.